The lowest BCUT2D eigenvalue weighted by molar-refractivity contribution is -0.156. The van der Waals surface area contributed by atoms with Gasteiger partial charge in [0.05, 0.1) is 23.3 Å². The van der Waals surface area contributed by atoms with Crippen molar-refractivity contribution in [3.05, 3.63) is 47.0 Å². The Morgan fingerprint density at radius 2 is 1.84 bits per heavy atom. The summed E-state index contributed by atoms with van der Waals surface area (Å²) in [6, 6.07) is 9.66. The first-order valence-corrected chi connectivity index (χ1v) is 14.2. The van der Waals surface area contributed by atoms with Crippen molar-refractivity contribution in [2.75, 3.05) is 22.8 Å². The normalized spacial score (nSPS) is 24.6. The van der Waals surface area contributed by atoms with Gasteiger partial charge in [0.1, 0.15) is 5.75 Å². The smallest absolute Gasteiger partial charge is 0.446 e. The topological polar surface area (TPSA) is 108 Å². The molecule has 37 heavy (non-hydrogen) atoms. The molecule has 0 aromatic heterocycles. The summed E-state index contributed by atoms with van der Waals surface area (Å²) in [5.74, 6) is 0.890. The highest BCUT2D eigenvalue weighted by atomic mass is 32.2. The zero-order chi connectivity index (χ0) is 27.0. The van der Waals surface area contributed by atoms with E-state index in [1.807, 2.05) is 18.2 Å². The molecule has 1 heterocycles. The number of rotatable bonds is 4. The predicted molar refractivity (Wildman–Crippen MR) is 137 cm³/mol. The Bertz CT molecular complexity index is 1280. The first-order valence-electron chi connectivity index (χ1n) is 12.3. The molecule has 0 radical (unpaired) electrons. The van der Waals surface area contributed by atoms with Crippen molar-refractivity contribution in [3.63, 3.8) is 0 Å². The van der Waals surface area contributed by atoms with Gasteiger partial charge in [-0.15, -0.1) is 0 Å². The molecule has 1 saturated heterocycles. The van der Waals surface area contributed by atoms with Crippen LogP contribution in [0.3, 0.4) is 0 Å². The molecular weight excluding hydrogens is 507 g/mol. The van der Waals surface area contributed by atoms with E-state index in [9.17, 15) is 26.7 Å². The van der Waals surface area contributed by atoms with Crippen molar-refractivity contribution in [3.8, 4) is 5.75 Å². The highest BCUT2D eigenvalue weighted by molar-refractivity contribution is 7.92. The predicted octanol–water partition coefficient (Wildman–Crippen LogP) is 4.91. The number of piperidine rings is 1. The second kappa shape index (κ2) is 10.2. The Morgan fingerprint density at radius 3 is 2.49 bits per heavy atom. The molecule has 3 aliphatic rings. The van der Waals surface area contributed by atoms with Crippen LogP contribution >= 0.6 is 0 Å². The molecule has 5 rings (SSSR count). The van der Waals surface area contributed by atoms with Gasteiger partial charge in [0.15, 0.2) is 0 Å². The average molecular weight is 540 g/mol. The van der Waals surface area contributed by atoms with Gasteiger partial charge < -0.3 is 15.7 Å². The Morgan fingerprint density at radius 1 is 1.16 bits per heavy atom. The van der Waals surface area contributed by atoms with E-state index in [-0.39, 0.29) is 11.2 Å². The summed E-state index contributed by atoms with van der Waals surface area (Å²) >= 11 is 0. The van der Waals surface area contributed by atoms with Gasteiger partial charge in [-0.25, -0.2) is 8.42 Å². The molecule has 1 aliphatic heterocycles. The number of halogens is 3. The molecule has 11 heteroatoms. The fraction of sp³-hybridized carbons (Fsp3) is 0.500. The van der Waals surface area contributed by atoms with Crippen LogP contribution in [0, 0.1) is 12.8 Å². The maximum atomic E-state index is 11.8. The summed E-state index contributed by atoms with van der Waals surface area (Å²) in [5, 5.41) is 18.2. The Kier molecular flexibility index (Phi) is 7.49. The van der Waals surface area contributed by atoms with Gasteiger partial charge in [0.2, 0.25) is 16.3 Å². The lowest BCUT2D eigenvalue weighted by Gasteiger charge is -2.56. The minimum absolute atomic E-state index is 0.179. The molecule has 0 spiro atoms. The van der Waals surface area contributed by atoms with Gasteiger partial charge in [0.25, 0.3) is 0 Å². The number of sulfonamides is 1. The number of hydrogen-bond acceptors (Lipinski definition) is 6. The van der Waals surface area contributed by atoms with E-state index >= 15 is 0 Å². The summed E-state index contributed by atoms with van der Waals surface area (Å²) in [4.78, 5) is 8.70. The van der Waals surface area contributed by atoms with E-state index < -0.39 is 22.5 Å². The molecular formula is C26H32F3N3O4S. The van der Waals surface area contributed by atoms with Crippen LogP contribution in [-0.2, 0) is 26.7 Å². The van der Waals surface area contributed by atoms with E-state index in [4.69, 9.17) is 4.79 Å². The van der Waals surface area contributed by atoms with Crippen LogP contribution in [0.25, 0.3) is 0 Å². The van der Waals surface area contributed by atoms with Crippen LogP contribution in [0.4, 0.5) is 30.2 Å². The van der Waals surface area contributed by atoms with E-state index in [1.54, 1.807) is 12.1 Å². The molecule has 7 nitrogen and oxygen atoms in total. The van der Waals surface area contributed by atoms with Gasteiger partial charge in [-0.3, -0.25) is 9.52 Å². The highest BCUT2D eigenvalue weighted by Crippen LogP contribution is 2.56. The number of phenolic OH excluding ortho intramolecular Hbond substituents is 1. The number of anilines is 3. The molecule has 0 unspecified atom stereocenters. The van der Waals surface area contributed by atoms with Crippen molar-refractivity contribution in [2.45, 2.75) is 63.1 Å². The number of benzene rings is 2. The van der Waals surface area contributed by atoms with Crippen molar-refractivity contribution < 1.29 is 31.5 Å². The first kappa shape index (κ1) is 27.3. The number of nitrogens with one attached hydrogen (secondary N) is 3. The molecule has 2 bridgehead atoms. The van der Waals surface area contributed by atoms with Crippen LogP contribution in [0.15, 0.2) is 30.3 Å². The molecule has 0 amide bonds. The molecule has 4 N–H and O–H groups in total. The summed E-state index contributed by atoms with van der Waals surface area (Å²) < 4.78 is 57.4. The van der Waals surface area contributed by atoms with Gasteiger partial charge in [-0.05, 0) is 80.0 Å². The van der Waals surface area contributed by atoms with Gasteiger partial charge in [0, 0.05) is 11.5 Å². The number of hydrogen-bond donors (Lipinski definition) is 4. The minimum Gasteiger partial charge on any atom is -0.506 e. The van der Waals surface area contributed by atoms with Gasteiger partial charge in [-0.1, -0.05) is 25.0 Å². The van der Waals surface area contributed by atoms with Gasteiger partial charge >= 0.3 is 6.18 Å². The second-order valence-corrected chi connectivity index (χ2v) is 11.9. The molecule has 202 valence electrons. The van der Waals surface area contributed by atoms with Crippen LogP contribution in [0.2, 0.25) is 0 Å². The quantitative estimate of drug-likeness (QED) is 0.325. The van der Waals surface area contributed by atoms with Crippen molar-refractivity contribution in [1.82, 2.24) is 5.32 Å². The number of aromatic hydroxyl groups is 1. The van der Waals surface area contributed by atoms with Crippen LogP contribution in [-0.4, -0.2) is 44.8 Å². The standard InChI is InChI=1S/C24H31N3O3S.C2HF3O/c1-15-16-13-21-17-7-5-6-10-24(17,11-12-25-21)18(16)14-22(28)23(15)26-19-8-3-4-9-20(19)27-31(2,29)30;3-2(4,5)1-6/h3-4,8-9,14,17,21,25-28H,5-7,10-13H2,1-2H3;1H/t17-,21+,24+;/m1./s1. The number of para-hydroxylation sites is 2. The largest absolute Gasteiger partial charge is 0.506 e. The summed E-state index contributed by atoms with van der Waals surface area (Å²) in [5.41, 5.74) is 5.66. The lowest BCUT2D eigenvalue weighted by Crippen LogP contribution is -2.59. The van der Waals surface area contributed by atoms with E-state index in [0.29, 0.717) is 29.0 Å². The fourth-order valence-electron chi connectivity index (χ4n) is 6.41. The molecule has 2 aromatic carbocycles. The summed E-state index contributed by atoms with van der Waals surface area (Å²) in [6.07, 6.45) is 2.57. The highest BCUT2D eigenvalue weighted by Gasteiger charge is 2.52. The maximum Gasteiger partial charge on any atom is 0.446 e. The summed E-state index contributed by atoms with van der Waals surface area (Å²) in [6.45, 7) is 3.12. The third kappa shape index (κ3) is 5.72. The summed E-state index contributed by atoms with van der Waals surface area (Å²) in [7, 11) is -3.41. The Hall–Kier alpha value is -2.79. The number of carbonyl (C=O) groups is 1. The monoisotopic (exact) mass is 539 g/mol. The Labute approximate surface area is 214 Å². The minimum atomic E-state index is -4.64. The molecule has 1 saturated carbocycles. The van der Waals surface area contributed by atoms with Gasteiger partial charge in [-0.2, -0.15) is 13.2 Å². The lowest BCUT2D eigenvalue weighted by atomic mass is 9.52. The number of carbonyl (C=O) groups excluding carboxylic acids is 1. The Balaban J connectivity index is 0.000000480. The number of fused-ring (bicyclic) bond motifs is 1. The SMILES string of the molecule is Cc1c2c(cc(O)c1Nc1ccccc1NS(C)(=O)=O)[C@]13CCCC[C@@H]1[C@H](C2)NCC3.O=CC(F)(F)F. The van der Waals surface area contributed by atoms with E-state index in [0.717, 1.165) is 31.2 Å². The third-order valence-electron chi connectivity index (χ3n) is 7.83. The average Bonchev–Trinajstić information content (AvgIpc) is 2.82. The molecule has 3 atom stereocenters. The third-order valence-corrected chi connectivity index (χ3v) is 8.42. The van der Waals surface area contributed by atoms with E-state index in [1.165, 1.54) is 36.8 Å². The second-order valence-electron chi connectivity index (χ2n) is 10.1. The number of alkyl halides is 3. The maximum absolute atomic E-state index is 11.8. The first-order chi connectivity index (χ1) is 17.3. The van der Waals surface area contributed by atoms with Crippen LogP contribution in [0.5, 0.6) is 5.75 Å². The van der Waals surface area contributed by atoms with Crippen molar-refractivity contribution in [1.29, 1.82) is 0 Å². The molecule has 2 aliphatic carbocycles. The van der Waals surface area contributed by atoms with E-state index in [2.05, 4.69) is 22.3 Å². The van der Waals surface area contributed by atoms with Crippen LogP contribution in [0.1, 0.15) is 48.8 Å². The van der Waals surface area contributed by atoms with Crippen molar-refractivity contribution in [2.24, 2.45) is 5.92 Å². The number of aldehydes is 1. The zero-order valence-electron chi connectivity index (χ0n) is 20.8. The fourth-order valence-corrected chi connectivity index (χ4v) is 6.99. The number of phenols is 1. The molecule has 2 fully saturated rings. The molecule has 2 aromatic rings. The van der Waals surface area contributed by atoms with Crippen molar-refractivity contribution >= 4 is 33.4 Å². The zero-order valence-corrected chi connectivity index (χ0v) is 21.6. The van der Waals surface area contributed by atoms with Crippen LogP contribution < -0.4 is 15.4 Å².